The third-order valence-corrected chi connectivity index (χ3v) is 5.63. The van der Waals surface area contributed by atoms with Gasteiger partial charge in [-0.25, -0.2) is 4.79 Å². The molecule has 6 nitrogen and oxygen atoms in total. The molecule has 1 aliphatic heterocycles. The van der Waals surface area contributed by atoms with Crippen molar-refractivity contribution < 1.29 is 14.7 Å². The number of hydrogen-bond acceptors (Lipinski definition) is 3. The second kappa shape index (κ2) is 9.41. The Morgan fingerprint density at radius 2 is 1.93 bits per heavy atom. The van der Waals surface area contributed by atoms with Gasteiger partial charge in [0.25, 0.3) is 0 Å². The Balaban J connectivity index is 2.06. The van der Waals surface area contributed by atoms with Gasteiger partial charge in [-0.3, -0.25) is 9.69 Å². The van der Waals surface area contributed by atoms with E-state index in [0.29, 0.717) is 13.1 Å². The summed E-state index contributed by atoms with van der Waals surface area (Å²) in [6, 6.07) is 8.29. The molecule has 28 heavy (non-hydrogen) atoms. The van der Waals surface area contributed by atoms with E-state index in [0.717, 1.165) is 24.8 Å². The Bertz CT molecular complexity index is 684. The monoisotopic (exact) mass is 389 g/mol. The normalized spacial score (nSPS) is 19.2. The van der Waals surface area contributed by atoms with E-state index in [4.69, 9.17) is 5.11 Å². The number of carbonyl (C=O) groups is 2. The topological polar surface area (TPSA) is 72.9 Å². The SMILES string of the molecule is Cc1ccccc1C(NC(=O)N1CCCC(N(C)CC(=O)O)CC1)C(C)(C)C. The van der Waals surface area contributed by atoms with Gasteiger partial charge in [0.15, 0.2) is 0 Å². The molecule has 1 aromatic rings. The summed E-state index contributed by atoms with van der Waals surface area (Å²) in [5, 5.41) is 12.3. The summed E-state index contributed by atoms with van der Waals surface area (Å²) in [5.74, 6) is -0.812. The summed E-state index contributed by atoms with van der Waals surface area (Å²) in [6.07, 6.45) is 2.59. The van der Waals surface area contributed by atoms with Crippen molar-refractivity contribution in [2.75, 3.05) is 26.7 Å². The molecular formula is C22H35N3O3. The molecule has 1 saturated heterocycles. The fraction of sp³-hybridized carbons (Fsp3) is 0.636. The van der Waals surface area contributed by atoms with E-state index in [-0.39, 0.29) is 30.1 Å². The standard InChI is InChI=1S/C22H35N3O3/c1-16-9-6-7-11-18(16)20(22(2,3)4)23-21(28)25-13-8-10-17(12-14-25)24(5)15-19(26)27/h6-7,9,11,17,20H,8,10,12-15H2,1-5H3,(H,23,28)(H,26,27). The summed E-state index contributed by atoms with van der Waals surface area (Å²) < 4.78 is 0. The highest BCUT2D eigenvalue weighted by molar-refractivity contribution is 5.75. The lowest BCUT2D eigenvalue weighted by atomic mass is 9.81. The van der Waals surface area contributed by atoms with Crippen LogP contribution in [0.1, 0.15) is 57.2 Å². The van der Waals surface area contributed by atoms with Gasteiger partial charge in [0.2, 0.25) is 0 Å². The van der Waals surface area contributed by atoms with Crippen LogP contribution in [-0.2, 0) is 4.79 Å². The molecule has 0 saturated carbocycles. The number of amides is 2. The van der Waals surface area contributed by atoms with Crippen LogP contribution in [0, 0.1) is 12.3 Å². The summed E-state index contributed by atoms with van der Waals surface area (Å²) >= 11 is 0. The molecule has 0 spiro atoms. The van der Waals surface area contributed by atoms with E-state index >= 15 is 0 Å². The highest BCUT2D eigenvalue weighted by Crippen LogP contribution is 2.34. The molecule has 2 N–H and O–H groups in total. The zero-order chi connectivity index (χ0) is 20.9. The second-order valence-corrected chi connectivity index (χ2v) is 8.99. The van der Waals surface area contributed by atoms with E-state index in [1.54, 1.807) is 0 Å². The molecule has 0 bridgehead atoms. The van der Waals surface area contributed by atoms with Gasteiger partial charge in [-0.1, -0.05) is 45.0 Å². The summed E-state index contributed by atoms with van der Waals surface area (Å²) in [4.78, 5) is 27.8. The van der Waals surface area contributed by atoms with Crippen molar-refractivity contribution in [2.24, 2.45) is 5.41 Å². The van der Waals surface area contributed by atoms with E-state index in [9.17, 15) is 9.59 Å². The number of likely N-dealkylation sites (N-methyl/N-ethyl adjacent to an activating group) is 1. The maximum absolute atomic E-state index is 13.1. The fourth-order valence-corrected chi connectivity index (χ4v) is 3.95. The van der Waals surface area contributed by atoms with Crippen molar-refractivity contribution in [3.63, 3.8) is 0 Å². The van der Waals surface area contributed by atoms with Crippen molar-refractivity contribution >= 4 is 12.0 Å². The third-order valence-electron chi connectivity index (χ3n) is 5.63. The molecule has 0 aromatic heterocycles. The third kappa shape index (κ3) is 5.96. The predicted octanol–water partition coefficient (Wildman–Crippen LogP) is 3.66. The van der Waals surface area contributed by atoms with Gasteiger partial charge in [-0.15, -0.1) is 0 Å². The molecule has 1 fully saturated rings. The van der Waals surface area contributed by atoms with Crippen LogP contribution in [0.2, 0.25) is 0 Å². The molecule has 2 unspecified atom stereocenters. The second-order valence-electron chi connectivity index (χ2n) is 8.99. The Morgan fingerprint density at radius 1 is 1.25 bits per heavy atom. The number of nitrogens with one attached hydrogen (secondary N) is 1. The maximum atomic E-state index is 13.1. The number of carboxylic acid groups (broad SMARTS) is 1. The minimum Gasteiger partial charge on any atom is -0.480 e. The molecule has 0 radical (unpaired) electrons. The van der Waals surface area contributed by atoms with Crippen LogP contribution >= 0.6 is 0 Å². The van der Waals surface area contributed by atoms with Crippen molar-refractivity contribution in [3.8, 4) is 0 Å². The molecule has 1 aliphatic rings. The number of nitrogens with zero attached hydrogens (tertiary/aromatic N) is 2. The van der Waals surface area contributed by atoms with Gasteiger partial charge in [0.1, 0.15) is 0 Å². The maximum Gasteiger partial charge on any atom is 0.317 e. The van der Waals surface area contributed by atoms with Crippen LogP contribution in [0.5, 0.6) is 0 Å². The first-order valence-electron chi connectivity index (χ1n) is 10.1. The lowest BCUT2D eigenvalue weighted by Crippen LogP contribution is -2.46. The average molecular weight is 390 g/mol. The first-order chi connectivity index (χ1) is 13.1. The molecule has 1 heterocycles. The van der Waals surface area contributed by atoms with E-state index in [2.05, 4.69) is 45.1 Å². The summed E-state index contributed by atoms with van der Waals surface area (Å²) in [7, 11) is 1.85. The van der Waals surface area contributed by atoms with E-state index < -0.39 is 5.97 Å². The smallest absolute Gasteiger partial charge is 0.317 e. The molecule has 156 valence electrons. The lowest BCUT2D eigenvalue weighted by Gasteiger charge is -2.35. The van der Waals surface area contributed by atoms with Crippen LogP contribution in [0.25, 0.3) is 0 Å². The van der Waals surface area contributed by atoms with Crippen molar-refractivity contribution in [3.05, 3.63) is 35.4 Å². The van der Waals surface area contributed by atoms with Gasteiger partial charge in [-0.05, 0) is 49.8 Å². The van der Waals surface area contributed by atoms with Crippen molar-refractivity contribution in [2.45, 2.75) is 59.0 Å². The van der Waals surface area contributed by atoms with Crippen LogP contribution < -0.4 is 5.32 Å². The molecule has 2 rings (SSSR count). The first kappa shape index (κ1) is 22.2. The highest BCUT2D eigenvalue weighted by atomic mass is 16.4. The van der Waals surface area contributed by atoms with E-state index in [1.165, 1.54) is 5.56 Å². The number of benzene rings is 1. The molecule has 2 atom stereocenters. The van der Waals surface area contributed by atoms with Crippen LogP contribution in [0.4, 0.5) is 4.79 Å². The first-order valence-corrected chi connectivity index (χ1v) is 10.1. The van der Waals surface area contributed by atoms with Crippen LogP contribution in [0.3, 0.4) is 0 Å². The molecular weight excluding hydrogens is 354 g/mol. The Labute approximate surface area is 168 Å². The van der Waals surface area contributed by atoms with Gasteiger partial charge < -0.3 is 15.3 Å². The quantitative estimate of drug-likeness (QED) is 0.806. The molecule has 1 aromatic carbocycles. The average Bonchev–Trinajstić information content (AvgIpc) is 2.85. The number of aryl methyl sites for hydroxylation is 1. The number of likely N-dealkylation sites (tertiary alicyclic amines) is 1. The van der Waals surface area contributed by atoms with E-state index in [1.807, 2.05) is 29.0 Å². The number of urea groups is 1. The number of carboxylic acids is 1. The van der Waals surface area contributed by atoms with Crippen molar-refractivity contribution in [1.29, 1.82) is 0 Å². The van der Waals surface area contributed by atoms with Crippen molar-refractivity contribution in [1.82, 2.24) is 15.1 Å². The summed E-state index contributed by atoms with van der Waals surface area (Å²) in [6.45, 7) is 9.89. The predicted molar refractivity (Wildman–Crippen MR) is 111 cm³/mol. The highest BCUT2D eigenvalue weighted by Gasteiger charge is 2.31. The number of hydrogen-bond donors (Lipinski definition) is 2. The van der Waals surface area contributed by atoms with Crippen LogP contribution in [0.15, 0.2) is 24.3 Å². The largest absolute Gasteiger partial charge is 0.480 e. The Hall–Kier alpha value is -2.08. The Kier molecular flexibility index (Phi) is 7.47. The van der Waals surface area contributed by atoms with Gasteiger partial charge >= 0.3 is 12.0 Å². The molecule has 6 heteroatoms. The van der Waals surface area contributed by atoms with Gasteiger partial charge in [0.05, 0.1) is 12.6 Å². The number of rotatable bonds is 5. The number of carbonyl (C=O) groups excluding carboxylic acids is 1. The minimum atomic E-state index is -0.812. The lowest BCUT2D eigenvalue weighted by molar-refractivity contribution is -0.138. The fourth-order valence-electron chi connectivity index (χ4n) is 3.95. The Morgan fingerprint density at radius 3 is 2.54 bits per heavy atom. The zero-order valence-corrected chi connectivity index (χ0v) is 17.9. The minimum absolute atomic E-state index is 0.0373. The molecule has 2 amide bonds. The molecule has 0 aliphatic carbocycles. The number of aliphatic carboxylic acids is 1. The van der Waals surface area contributed by atoms with Crippen LogP contribution in [-0.4, -0.2) is 59.6 Å². The zero-order valence-electron chi connectivity index (χ0n) is 17.9. The van der Waals surface area contributed by atoms with Gasteiger partial charge in [-0.2, -0.15) is 0 Å². The van der Waals surface area contributed by atoms with Gasteiger partial charge in [0, 0.05) is 19.1 Å². The summed E-state index contributed by atoms with van der Waals surface area (Å²) in [5.41, 5.74) is 2.21.